The van der Waals surface area contributed by atoms with Crippen molar-refractivity contribution in [3.05, 3.63) is 76.7 Å². The lowest BCUT2D eigenvalue weighted by molar-refractivity contribution is -0.136. The predicted molar refractivity (Wildman–Crippen MR) is 119 cm³/mol. The van der Waals surface area contributed by atoms with Gasteiger partial charge in [-0.3, -0.25) is 9.35 Å². The standard InChI is InChI=1S/C22H24ClFN2O5S/c1-15-11-26(16(2)10-25(15)12-17-3-6-20(24)7-4-17)22(27)13-31-21-8-5-19(23)9-18(21)14-32(28,29)30/h3-9,16H,1,10-14H2,2H3,(H,28,29,30)/t16-/m1/s1. The maximum Gasteiger partial charge on any atom is 0.269 e. The van der Waals surface area contributed by atoms with Crippen molar-refractivity contribution in [2.24, 2.45) is 0 Å². The number of benzene rings is 2. The van der Waals surface area contributed by atoms with Gasteiger partial charge in [0.1, 0.15) is 17.3 Å². The van der Waals surface area contributed by atoms with Crippen LogP contribution < -0.4 is 4.74 Å². The summed E-state index contributed by atoms with van der Waals surface area (Å²) in [6.45, 7) is 7.09. The van der Waals surface area contributed by atoms with Crippen molar-refractivity contribution >= 4 is 27.6 Å². The molecule has 32 heavy (non-hydrogen) atoms. The monoisotopic (exact) mass is 482 g/mol. The second kappa shape index (κ2) is 9.89. The van der Waals surface area contributed by atoms with E-state index in [1.54, 1.807) is 17.0 Å². The van der Waals surface area contributed by atoms with Crippen LogP contribution in [0.15, 0.2) is 54.7 Å². The smallest absolute Gasteiger partial charge is 0.269 e. The number of carbonyl (C=O) groups excluding carboxylic acids is 1. The Morgan fingerprint density at radius 2 is 1.97 bits per heavy atom. The van der Waals surface area contributed by atoms with Crippen LogP contribution in [0.3, 0.4) is 0 Å². The number of rotatable bonds is 7. The van der Waals surface area contributed by atoms with E-state index in [4.69, 9.17) is 20.9 Å². The number of piperazine rings is 1. The molecule has 1 atom stereocenters. The molecule has 1 aliphatic heterocycles. The van der Waals surface area contributed by atoms with Gasteiger partial charge in [0.2, 0.25) is 0 Å². The summed E-state index contributed by atoms with van der Waals surface area (Å²) in [4.78, 5) is 16.5. The van der Waals surface area contributed by atoms with Crippen molar-refractivity contribution in [3.8, 4) is 5.75 Å². The first kappa shape index (κ1) is 24.0. The van der Waals surface area contributed by atoms with Gasteiger partial charge >= 0.3 is 0 Å². The first-order chi connectivity index (χ1) is 15.0. The average molecular weight is 483 g/mol. The Hall–Kier alpha value is -2.62. The molecule has 0 saturated carbocycles. The van der Waals surface area contributed by atoms with Crippen LogP contribution in [0.4, 0.5) is 4.39 Å². The number of hydrogen-bond acceptors (Lipinski definition) is 5. The van der Waals surface area contributed by atoms with E-state index in [-0.39, 0.29) is 40.7 Å². The number of hydrogen-bond donors (Lipinski definition) is 1. The van der Waals surface area contributed by atoms with Gasteiger partial charge in [-0.2, -0.15) is 8.42 Å². The first-order valence-electron chi connectivity index (χ1n) is 9.85. The summed E-state index contributed by atoms with van der Waals surface area (Å²) in [7, 11) is -4.30. The molecule has 0 bridgehead atoms. The number of carbonyl (C=O) groups is 1. The van der Waals surface area contributed by atoms with Crippen molar-refractivity contribution in [1.29, 1.82) is 0 Å². The summed E-state index contributed by atoms with van der Waals surface area (Å²) in [5.74, 6) is -1.10. The Morgan fingerprint density at radius 3 is 2.62 bits per heavy atom. The van der Waals surface area contributed by atoms with Crippen LogP contribution in [0, 0.1) is 5.82 Å². The van der Waals surface area contributed by atoms with E-state index >= 15 is 0 Å². The highest BCUT2D eigenvalue weighted by Gasteiger charge is 2.29. The summed E-state index contributed by atoms with van der Waals surface area (Å²) in [6.07, 6.45) is 0. The van der Waals surface area contributed by atoms with E-state index in [9.17, 15) is 17.6 Å². The minimum Gasteiger partial charge on any atom is -0.483 e. The lowest BCUT2D eigenvalue weighted by atomic mass is 10.1. The molecule has 1 aliphatic rings. The molecule has 7 nitrogen and oxygen atoms in total. The Morgan fingerprint density at radius 1 is 1.28 bits per heavy atom. The number of nitrogens with zero attached hydrogens (tertiary/aromatic N) is 2. The quantitative estimate of drug-likeness (QED) is 0.608. The van der Waals surface area contributed by atoms with Gasteiger partial charge < -0.3 is 14.5 Å². The summed E-state index contributed by atoms with van der Waals surface area (Å²) in [5, 5.41) is 0.282. The van der Waals surface area contributed by atoms with Crippen LogP contribution in [0.25, 0.3) is 0 Å². The van der Waals surface area contributed by atoms with Crippen molar-refractivity contribution in [2.75, 3.05) is 19.7 Å². The molecule has 0 radical (unpaired) electrons. The van der Waals surface area contributed by atoms with Gasteiger partial charge in [0.05, 0.1) is 6.54 Å². The molecule has 1 heterocycles. The zero-order valence-electron chi connectivity index (χ0n) is 17.5. The molecule has 0 aromatic heterocycles. The third kappa shape index (κ3) is 6.44. The molecule has 172 valence electrons. The van der Waals surface area contributed by atoms with E-state index in [2.05, 4.69) is 6.58 Å². The fourth-order valence-corrected chi connectivity index (χ4v) is 4.35. The third-order valence-corrected chi connectivity index (χ3v) is 6.05. The van der Waals surface area contributed by atoms with Crippen molar-refractivity contribution in [1.82, 2.24) is 9.80 Å². The number of ether oxygens (including phenoxy) is 1. The first-order valence-corrected chi connectivity index (χ1v) is 11.8. The summed E-state index contributed by atoms with van der Waals surface area (Å²) >= 11 is 5.90. The Bertz CT molecular complexity index is 1110. The zero-order valence-corrected chi connectivity index (χ0v) is 19.1. The Balaban J connectivity index is 1.62. The Kier molecular flexibility index (Phi) is 7.43. The van der Waals surface area contributed by atoms with Crippen molar-refractivity contribution in [2.45, 2.75) is 25.3 Å². The fraction of sp³-hybridized carbons (Fsp3) is 0.318. The van der Waals surface area contributed by atoms with Crippen LogP contribution >= 0.6 is 11.6 Å². The maximum absolute atomic E-state index is 13.1. The van der Waals surface area contributed by atoms with Crippen LogP contribution in [0.1, 0.15) is 18.1 Å². The molecular formula is C22H24ClFN2O5S. The SMILES string of the molecule is C=C1CN(C(=O)COc2ccc(Cl)cc2CS(=O)(=O)O)[C@H](C)CN1Cc1ccc(F)cc1. The molecule has 0 unspecified atom stereocenters. The molecule has 1 saturated heterocycles. The van der Waals surface area contributed by atoms with E-state index in [0.717, 1.165) is 11.3 Å². The molecule has 1 amide bonds. The topological polar surface area (TPSA) is 87.1 Å². The summed E-state index contributed by atoms with van der Waals surface area (Å²) < 4.78 is 50.3. The molecule has 2 aromatic rings. The van der Waals surface area contributed by atoms with Gasteiger partial charge in [-0.15, -0.1) is 0 Å². The van der Waals surface area contributed by atoms with E-state index < -0.39 is 15.9 Å². The lowest BCUT2D eigenvalue weighted by Crippen LogP contribution is -2.53. The Labute approximate surface area is 191 Å². The number of halogens is 2. The zero-order chi connectivity index (χ0) is 23.5. The molecule has 1 N–H and O–H groups in total. The normalized spacial score (nSPS) is 16.9. The van der Waals surface area contributed by atoms with Gasteiger partial charge in [0, 0.05) is 35.4 Å². The maximum atomic E-state index is 13.1. The van der Waals surface area contributed by atoms with Gasteiger partial charge in [-0.1, -0.05) is 30.3 Å². The molecular weight excluding hydrogens is 459 g/mol. The van der Waals surface area contributed by atoms with Crippen LogP contribution in [-0.4, -0.2) is 54.4 Å². The van der Waals surface area contributed by atoms with E-state index in [1.807, 2.05) is 11.8 Å². The average Bonchev–Trinajstić information content (AvgIpc) is 2.70. The highest BCUT2D eigenvalue weighted by atomic mass is 35.5. The van der Waals surface area contributed by atoms with Crippen LogP contribution in [0.2, 0.25) is 5.02 Å². The molecule has 0 aliphatic carbocycles. The van der Waals surface area contributed by atoms with Gasteiger partial charge in [0.25, 0.3) is 16.0 Å². The van der Waals surface area contributed by atoms with Crippen LogP contribution in [-0.2, 0) is 27.2 Å². The second-order valence-corrected chi connectivity index (χ2v) is 9.60. The van der Waals surface area contributed by atoms with Gasteiger partial charge in [-0.25, -0.2) is 4.39 Å². The minimum atomic E-state index is -4.30. The van der Waals surface area contributed by atoms with E-state index in [0.29, 0.717) is 19.6 Å². The second-order valence-electron chi connectivity index (χ2n) is 7.71. The summed E-state index contributed by atoms with van der Waals surface area (Å²) in [6, 6.07) is 10.5. The van der Waals surface area contributed by atoms with Crippen molar-refractivity contribution in [3.63, 3.8) is 0 Å². The van der Waals surface area contributed by atoms with Crippen LogP contribution in [0.5, 0.6) is 5.75 Å². The lowest BCUT2D eigenvalue weighted by Gasteiger charge is -2.42. The fourth-order valence-electron chi connectivity index (χ4n) is 3.54. The molecule has 2 aromatic carbocycles. The van der Waals surface area contributed by atoms with E-state index in [1.165, 1.54) is 30.3 Å². The summed E-state index contributed by atoms with van der Waals surface area (Å²) in [5.41, 5.74) is 1.85. The number of amides is 1. The molecule has 1 fully saturated rings. The molecule has 10 heteroatoms. The third-order valence-electron chi connectivity index (χ3n) is 5.14. The van der Waals surface area contributed by atoms with Gasteiger partial charge in [-0.05, 0) is 42.8 Å². The largest absolute Gasteiger partial charge is 0.483 e. The van der Waals surface area contributed by atoms with Crippen molar-refractivity contribution < 1.29 is 26.9 Å². The van der Waals surface area contributed by atoms with Gasteiger partial charge in [0.15, 0.2) is 6.61 Å². The predicted octanol–water partition coefficient (Wildman–Crippen LogP) is 3.49. The highest BCUT2D eigenvalue weighted by Crippen LogP contribution is 2.25. The molecule has 0 spiro atoms. The molecule has 3 rings (SSSR count). The highest BCUT2D eigenvalue weighted by molar-refractivity contribution is 7.85. The minimum absolute atomic E-state index is 0.125.